The predicted molar refractivity (Wildman–Crippen MR) is 65.9 cm³/mol. The molecule has 1 amide bonds. The highest BCUT2D eigenvalue weighted by Crippen LogP contribution is 2.24. The van der Waals surface area contributed by atoms with Crippen LogP contribution in [0.4, 0.5) is 0 Å². The number of amides is 1. The maximum Gasteiger partial charge on any atom is 0.230 e. The summed E-state index contributed by atoms with van der Waals surface area (Å²) in [5.41, 5.74) is 5.45. The maximum absolute atomic E-state index is 11.7. The lowest BCUT2D eigenvalue weighted by Crippen LogP contribution is -2.41. The fraction of sp³-hybridized carbons (Fsp3) is 0.818. The van der Waals surface area contributed by atoms with Gasteiger partial charge in [-0.3, -0.25) is 4.79 Å². The van der Waals surface area contributed by atoms with Crippen molar-refractivity contribution in [3.05, 3.63) is 0 Å². The monoisotopic (exact) mass is 242 g/mol. The van der Waals surface area contributed by atoms with Gasteiger partial charge in [-0.1, -0.05) is 12.1 Å². The van der Waals surface area contributed by atoms with E-state index in [2.05, 4.69) is 22.4 Å². The topological polar surface area (TPSA) is 91.0 Å². The predicted octanol–water partition coefficient (Wildman–Crippen LogP) is -0.0306. The van der Waals surface area contributed by atoms with Crippen LogP contribution in [0.25, 0.3) is 0 Å². The van der Waals surface area contributed by atoms with Gasteiger partial charge in [0.1, 0.15) is 0 Å². The summed E-state index contributed by atoms with van der Waals surface area (Å²) >= 11 is 0. The van der Waals surface area contributed by atoms with Gasteiger partial charge in [-0.05, 0) is 26.3 Å². The largest absolute Gasteiger partial charge is 0.409 e. The van der Waals surface area contributed by atoms with E-state index in [-0.39, 0.29) is 11.7 Å². The Balaban J connectivity index is 2.27. The number of carbonyl (C=O) groups excluding carboxylic acids is 1. The summed E-state index contributed by atoms with van der Waals surface area (Å²) in [6.07, 6.45) is 3.04. The second-order valence-corrected chi connectivity index (χ2v) is 4.49. The molecule has 0 aromatic heterocycles. The zero-order valence-corrected chi connectivity index (χ0v) is 10.5. The van der Waals surface area contributed by atoms with Crippen molar-refractivity contribution >= 4 is 11.7 Å². The van der Waals surface area contributed by atoms with Crippen LogP contribution in [0.1, 0.15) is 26.2 Å². The fourth-order valence-electron chi connectivity index (χ4n) is 1.78. The number of nitrogens with zero attached hydrogens (tertiary/aromatic N) is 2. The third-order valence-electron chi connectivity index (χ3n) is 3.13. The van der Waals surface area contributed by atoms with E-state index in [1.54, 1.807) is 0 Å². The summed E-state index contributed by atoms with van der Waals surface area (Å²) in [6.45, 7) is 3.27. The molecule has 0 aliphatic heterocycles. The number of hydrogen-bond donors (Lipinski definition) is 3. The molecule has 98 valence electrons. The van der Waals surface area contributed by atoms with Crippen molar-refractivity contribution in [3.8, 4) is 0 Å². The van der Waals surface area contributed by atoms with E-state index in [0.29, 0.717) is 19.0 Å². The molecule has 0 aromatic carbocycles. The van der Waals surface area contributed by atoms with Gasteiger partial charge in [0.25, 0.3) is 0 Å². The molecule has 1 aliphatic carbocycles. The van der Waals surface area contributed by atoms with Gasteiger partial charge >= 0.3 is 0 Å². The highest BCUT2D eigenvalue weighted by Gasteiger charge is 2.26. The van der Waals surface area contributed by atoms with Crippen molar-refractivity contribution in [2.24, 2.45) is 16.8 Å². The minimum atomic E-state index is -0.536. The van der Waals surface area contributed by atoms with Gasteiger partial charge in [-0.15, -0.1) is 0 Å². The molecule has 1 aliphatic rings. The van der Waals surface area contributed by atoms with Crippen molar-refractivity contribution in [2.75, 3.05) is 20.1 Å². The first-order chi connectivity index (χ1) is 8.10. The molecule has 6 heteroatoms. The highest BCUT2D eigenvalue weighted by molar-refractivity contribution is 6.01. The van der Waals surface area contributed by atoms with Crippen molar-refractivity contribution in [2.45, 2.75) is 32.2 Å². The smallest absolute Gasteiger partial charge is 0.230 e. The van der Waals surface area contributed by atoms with Crippen molar-refractivity contribution in [1.82, 2.24) is 10.2 Å². The van der Waals surface area contributed by atoms with Gasteiger partial charge in [-0.2, -0.15) is 0 Å². The first-order valence-corrected chi connectivity index (χ1v) is 6.05. The highest BCUT2D eigenvalue weighted by atomic mass is 16.4. The summed E-state index contributed by atoms with van der Waals surface area (Å²) in [7, 11) is 2.06. The van der Waals surface area contributed by atoms with Crippen LogP contribution in [0.2, 0.25) is 0 Å². The van der Waals surface area contributed by atoms with Crippen LogP contribution < -0.4 is 11.1 Å². The molecule has 0 heterocycles. The summed E-state index contributed by atoms with van der Waals surface area (Å²) < 4.78 is 0. The fourth-order valence-corrected chi connectivity index (χ4v) is 1.78. The number of nitrogens with two attached hydrogens (primary N) is 1. The number of likely N-dealkylation sites (N-methyl/N-ethyl adjacent to an activating group) is 1. The summed E-state index contributed by atoms with van der Waals surface area (Å²) in [5.74, 6) is -0.737. The molecule has 17 heavy (non-hydrogen) atoms. The molecule has 6 nitrogen and oxygen atoms in total. The van der Waals surface area contributed by atoms with Gasteiger partial charge in [0.05, 0.1) is 5.92 Å². The first-order valence-electron chi connectivity index (χ1n) is 6.05. The number of carbonyl (C=O) groups is 1. The van der Waals surface area contributed by atoms with Crippen LogP contribution in [0.15, 0.2) is 5.16 Å². The molecule has 1 atom stereocenters. The quantitative estimate of drug-likeness (QED) is 0.253. The standard InChI is InChI=1S/C11H22N4O2/c1-3-9(10(12)14-17)11(16)13-6-7-15(2)8-4-5-8/h8-9,17H,3-7H2,1-2H3,(H2,12,14)(H,13,16). The Hall–Kier alpha value is -1.30. The van der Waals surface area contributed by atoms with Gasteiger partial charge < -0.3 is 21.2 Å². The number of hydrogen-bond acceptors (Lipinski definition) is 4. The lowest BCUT2D eigenvalue weighted by molar-refractivity contribution is -0.123. The first kappa shape index (κ1) is 13.8. The van der Waals surface area contributed by atoms with Gasteiger partial charge in [-0.25, -0.2) is 0 Å². The van der Waals surface area contributed by atoms with Crippen molar-refractivity contribution < 1.29 is 10.0 Å². The summed E-state index contributed by atoms with van der Waals surface area (Å²) in [5, 5.41) is 14.2. The SMILES string of the molecule is CCC(C(=O)NCCN(C)C1CC1)C(N)=NO. The van der Waals surface area contributed by atoms with E-state index in [0.717, 1.165) is 6.54 Å². The third kappa shape index (κ3) is 4.22. The van der Waals surface area contributed by atoms with E-state index in [1.807, 2.05) is 6.92 Å². The lowest BCUT2D eigenvalue weighted by Gasteiger charge is -2.17. The molecule has 0 spiro atoms. The molecule has 1 rings (SSSR count). The van der Waals surface area contributed by atoms with E-state index < -0.39 is 5.92 Å². The Morgan fingerprint density at radius 2 is 2.29 bits per heavy atom. The molecule has 0 aromatic rings. The van der Waals surface area contributed by atoms with Gasteiger partial charge in [0.2, 0.25) is 5.91 Å². The Bertz CT molecular complexity index is 289. The van der Waals surface area contributed by atoms with E-state index in [1.165, 1.54) is 12.8 Å². The van der Waals surface area contributed by atoms with Crippen molar-refractivity contribution in [3.63, 3.8) is 0 Å². The molecule has 1 unspecified atom stereocenters. The van der Waals surface area contributed by atoms with Crippen LogP contribution in [0.5, 0.6) is 0 Å². The van der Waals surface area contributed by atoms with Crippen LogP contribution in [0, 0.1) is 5.92 Å². The number of nitrogens with one attached hydrogen (secondary N) is 1. The van der Waals surface area contributed by atoms with E-state index in [4.69, 9.17) is 10.9 Å². The molecule has 1 saturated carbocycles. The zero-order chi connectivity index (χ0) is 12.8. The number of oxime groups is 1. The summed E-state index contributed by atoms with van der Waals surface area (Å²) in [4.78, 5) is 14.0. The molecular formula is C11H22N4O2. The average molecular weight is 242 g/mol. The van der Waals surface area contributed by atoms with Crippen LogP contribution in [-0.2, 0) is 4.79 Å². The molecular weight excluding hydrogens is 220 g/mol. The molecule has 0 saturated heterocycles. The van der Waals surface area contributed by atoms with Crippen LogP contribution in [0.3, 0.4) is 0 Å². The van der Waals surface area contributed by atoms with E-state index in [9.17, 15) is 4.79 Å². The van der Waals surface area contributed by atoms with Gasteiger partial charge in [0, 0.05) is 19.1 Å². The summed E-state index contributed by atoms with van der Waals surface area (Å²) in [6, 6.07) is 0.693. The number of rotatable bonds is 7. The molecule has 0 radical (unpaired) electrons. The van der Waals surface area contributed by atoms with Crippen LogP contribution >= 0.6 is 0 Å². The Morgan fingerprint density at radius 3 is 2.76 bits per heavy atom. The normalized spacial score (nSPS) is 18.2. The minimum Gasteiger partial charge on any atom is -0.409 e. The van der Waals surface area contributed by atoms with Gasteiger partial charge in [0.15, 0.2) is 5.84 Å². The molecule has 1 fully saturated rings. The Kier molecular flexibility index (Phi) is 5.21. The average Bonchev–Trinajstić information content (AvgIpc) is 3.13. The molecule has 0 bridgehead atoms. The second-order valence-electron chi connectivity index (χ2n) is 4.49. The van der Waals surface area contributed by atoms with Crippen LogP contribution in [-0.4, -0.2) is 48.0 Å². The van der Waals surface area contributed by atoms with Crippen molar-refractivity contribution in [1.29, 1.82) is 0 Å². The third-order valence-corrected chi connectivity index (χ3v) is 3.13. The minimum absolute atomic E-state index is 0.0273. The second kappa shape index (κ2) is 6.44. The Morgan fingerprint density at radius 1 is 1.65 bits per heavy atom. The maximum atomic E-state index is 11.7. The zero-order valence-electron chi connectivity index (χ0n) is 10.5. The lowest BCUT2D eigenvalue weighted by atomic mass is 10.1. The Labute approximate surface area is 102 Å². The van der Waals surface area contributed by atoms with E-state index >= 15 is 0 Å². The molecule has 4 N–H and O–H groups in total. The number of amidine groups is 1.